The van der Waals surface area contributed by atoms with Gasteiger partial charge in [0.2, 0.25) is 0 Å². The molecule has 0 saturated heterocycles. The van der Waals surface area contributed by atoms with E-state index in [0.717, 1.165) is 10.9 Å². The lowest BCUT2D eigenvalue weighted by Crippen LogP contribution is -2.26. The van der Waals surface area contributed by atoms with E-state index in [9.17, 15) is 9.90 Å². The molecule has 0 unspecified atom stereocenters. The Balaban J connectivity index is 2.01. The number of fused-ring (bicyclic) bond motifs is 1. The molecule has 1 aliphatic carbocycles. The topological polar surface area (TPSA) is 37.3 Å². The summed E-state index contributed by atoms with van der Waals surface area (Å²) in [6, 6.07) is 14.3. The van der Waals surface area contributed by atoms with E-state index in [2.05, 4.69) is 18.2 Å². The molecule has 0 atom stereocenters. The van der Waals surface area contributed by atoms with Crippen LogP contribution in [0.1, 0.15) is 32.3 Å². The minimum atomic E-state index is -0.135. The van der Waals surface area contributed by atoms with Crippen LogP contribution in [-0.2, 0) is 11.2 Å². The smallest absolute Gasteiger partial charge is 0.163 e. The largest absolute Gasteiger partial charge is 0.512 e. The van der Waals surface area contributed by atoms with Crippen molar-refractivity contribution in [3.05, 3.63) is 59.4 Å². The van der Waals surface area contributed by atoms with Crippen LogP contribution in [0, 0.1) is 5.41 Å². The van der Waals surface area contributed by atoms with Gasteiger partial charge in [0.05, 0.1) is 5.76 Å². The summed E-state index contributed by atoms with van der Waals surface area (Å²) >= 11 is 0. The number of allylic oxidation sites excluding steroid dienone is 2. The monoisotopic (exact) mass is 280 g/mol. The number of aliphatic hydroxyl groups is 1. The summed E-state index contributed by atoms with van der Waals surface area (Å²) < 4.78 is 0. The molecule has 1 aliphatic rings. The fourth-order valence-corrected chi connectivity index (χ4v) is 3.16. The van der Waals surface area contributed by atoms with E-state index >= 15 is 0 Å². The Morgan fingerprint density at radius 1 is 1.05 bits per heavy atom. The Labute approximate surface area is 125 Å². The van der Waals surface area contributed by atoms with Gasteiger partial charge in [-0.15, -0.1) is 0 Å². The third-order valence-corrected chi connectivity index (χ3v) is 4.22. The molecule has 0 aromatic heterocycles. The second kappa shape index (κ2) is 5.03. The summed E-state index contributed by atoms with van der Waals surface area (Å²) in [5.41, 5.74) is 1.55. The van der Waals surface area contributed by atoms with Crippen molar-refractivity contribution < 1.29 is 9.90 Å². The van der Waals surface area contributed by atoms with Crippen LogP contribution in [0.2, 0.25) is 0 Å². The van der Waals surface area contributed by atoms with Crippen LogP contribution in [-0.4, -0.2) is 10.9 Å². The molecule has 108 valence electrons. The average molecular weight is 280 g/mol. The lowest BCUT2D eigenvalue weighted by Gasteiger charge is -2.29. The number of ketones is 1. The summed E-state index contributed by atoms with van der Waals surface area (Å²) in [5.74, 6) is 0.348. The van der Waals surface area contributed by atoms with E-state index in [1.807, 2.05) is 38.1 Å². The highest BCUT2D eigenvalue weighted by atomic mass is 16.3. The Morgan fingerprint density at radius 2 is 1.76 bits per heavy atom. The molecular formula is C19H20O2. The molecule has 2 aromatic rings. The first-order chi connectivity index (χ1) is 9.96. The van der Waals surface area contributed by atoms with Gasteiger partial charge in [0.25, 0.3) is 0 Å². The highest BCUT2D eigenvalue weighted by Gasteiger charge is 2.32. The predicted octanol–water partition coefficient (Wildman–Crippen LogP) is 4.58. The van der Waals surface area contributed by atoms with Gasteiger partial charge in [-0.1, -0.05) is 56.3 Å². The Hall–Kier alpha value is -2.09. The third-order valence-electron chi connectivity index (χ3n) is 4.22. The quantitative estimate of drug-likeness (QED) is 0.874. The van der Waals surface area contributed by atoms with E-state index in [1.54, 1.807) is 0 Å². The van der Waals surface area contributed by atoms with Crippen molar-refractivity contribution in [3.8, 4) is 0 Å². The van der Waals surface area contributed by atoms with Crippen molar-refractivity contribution in [2.24, 2.45) is 5.41 Å². The maximum absolute atomic E-state index is 12.3. The maximum Gasteiger partial charge on any atom is 0.163 e. The molecule has 0 radical (unpaired) electrons. The van der Waals surface area contributed by atoms with Crippen molar-refractivity contribution in [3.63, 3.8) is 0 Å². The van der Waals surface area contributed by atoms with Crippen LogP contribution in [0.5, 0.6) is 0 Å². The van der Waals surface area contributed by atoms with Crippen molar-refractivity contribution in [1.82, 2.24) is 0 Å². The van der Waals surface area contributed by atoms with Gasteiger partial charge in [-0.2, -0.15) is 0 Å². The van der Waals surface area contributed by atoms with Crippen molar-refractivity contribution >= 4 is 16.6 Å². The van der Waals surface area contributed by atoms with Gasteiger partial charge in [0.15, 0.2) is 5.78 Å². The number of hydrogen-bond acceptors (Lipinski definition) is 2. The lowest BCUT2D eigenvalue weighted by atomic mass is 9.75. The molecule has 2 heteroatoms. The van der Waals surface area contributed by atoms with E-state index in [4.69, 9.17) is 0 Å². The zero-order valence-corrected chi connectivity index (χ0v) is 12.5. The molecule has 0 spiro atoms. The van der Waals surface area contributed by atoms with E-state index in [-0.39, 0.29) is 17.0 Å². The fraction of sp³-hybridized carbons (Fsp3) is 0.316. The third kappa shape index (κ3) is 2.71. The fourth-order valence-electron chi connectivity index (χ4n) is 3.16. The number of aliphatic hydroxyl groups excluding tert-OH is 1. The van der Waals surface area contributed by atoms with Crippen LogP contribution < -0.4 is 0 Å². The molecule has 0 bridgehead atoms. The van der Waals surface area contributed by atoms with Crippen LogP contribution >= 0.6 is 0 Å². The Bertz CT molecular complexity index is 733. The highest BCUT2D eigenvalue weighted by molar-refractivity contribution is 5.98. The first kappa shape index (κ1) is 13.9. The van der Waals surface area contributed by atoms with Crippen LogP contribution in [0.15, 0.2) is 53.8 Å². The standard InChI is InChI=1S/C19H20O2/c1-19(2)11-17(20)16(18(21)12-19)10-14-8-5-7-13-6-3-4-9-15(13)14/h3-9,20H,10-12H2,1-2H3. The first-order valence-electron chi connectivity index (χ1n) is 7.37. The number of benzene rings is 2. The average Bonchev–Trinajstić information content (AvgIpc) is 2.42. The van der Waals surface area contributed by atoms with Gasteiger partial charge in [-0.25, -0.2) is 0 Å². The molecule has 21 heavy (non-hydrogen) atoms. The van der Waals surface area contributed by atoms with Crippen molar-refractivity contribution in [2.75, 3.05) is 0 Å². The summed E-state index contributed by atoms with van der Waals surface area (Å²) in [7, 11) is 0. The summed E-state index contributed by atoms with van der Waals surface area (Å²) in [6.07, 6.45) is 1.61. The maximum atomic E-state index is 12.3. The molecule has 2 aromatic carbocycles. The Morgan fingerprint density at radius 3 is 2.52 bits per heavy atom. The molecule has 2 nitrogen and oxygen atoms in total. The molecule has 1 N–H and O–H groups in total. The Kier molecular flexibility index (Phi) is 3.32. The van der Waals surface area contributed by atoms with E-state index < -0.39 is 0 Å². The molecule has 0 amide bonds. The molecule has 0 fully saturated rings. The van der Waals surface area contributed by atoms with Gasteiger partial charge in [-0.3, -0.25) is 4.79 Å². The van der Waals surface area contributed by atoms with Crippen LogP contribution in [0.3, 0.4) is 0 Å². The van der Waals surface area contributed by atoms with E-state index in [0.29, 0.717) is 24.8 Å². The second-order valence-electron chi connectivity index (χ2n) is 6.68. The highest BCUT2D eigenvalue weighted by Crippen LogP contribution is 2.37. The summed E-state index contributed by atoms with van der Waals surface area (Å²) in [6.45, 7) is 4.05. The number of carbonyl (C=O) groups excluding carboxylic acids is 1. The van der Waals surface area contributed by atoms with Gasteiger partial charge < -0.3 is 5.11 Å². The SMILES string of the molecule is CC1(C)CC(=O)C(Cc2cccc3ccccc23)=C(O)C1. The molecule has 0 saturated carbocycles. The van der Waals surface area contributed by atoms with Crippen molar-refractivity contribution in [1.29, 1.82) is 0 Å². The number of Topliss-reactive ketones (excluding diaryl/α,β-unsaturated/α-hetero) is 1. The van der Waals surface area contributed by atoms with Gasteiger partial charge in [-0.05, 0) is 21.8 Å². The molecular weight excluding hydrogens is 260 g/mol. The van der Waals surface area contributed by atoms with Gasteiger partial charge >= 0.3 is 0 Å². The predicted molar refractivity (Wildman–Crippen MR) is 85.3 cm³/mol. The number of carbonyl (C=O) groups is 1. The number of rotatable bonds is 2. The lowest BCUT2D eigenvalue weighted by molar-refractivity contribution is -0.118. The normalized spacial score (nSPS) is 18.3. The molecule has 0 heterocycles. The van der Waals surface area contributed by atoms with Crippen LogP contribution in [0.25, 0.3) is 10.8 Å². The second-order valence-corrected chi connectivity index (χ2v) is 6.68. The van der Waals surface area contributed by atoms with Crippen molar-refractivity contribution in [2.45, 2.75) is 33.1 Å². The zero-order valence-electron chi connectivity index (χ0n) is 12.5. The molecule has 0 aliphatic heterocycles. The van der Waals surface area contributed by atoms with Gasteiger partial charge in [0.1, 0.15) is 0 Å². The molecule has 3 rings (SSSR count). The van der Waals surface area contributed by atoms with E-state index in [1.165, 1.54) is 5.39 Å². The van der Waals surface area contributed by atoms with Gasteiger partial charge in [0, 0.05) is 24.8 Å². The zero-order chi connectivity index (χ0) is 15.0. The number of hydrogen-bond donors (Lipinski definition) is 1. The summed E-state index contributed by atoms with van der Waals surface area (Å²) in [5, 5.41) is 12.6. The minimum Gasteiger partial charge on any atom is -0.512 e. The first-order valence-corrected chi connectivity index (χ1v) is 7.37. The summed E-state index contributed by atoms with van der Waals surface area (Å²) in [4.78, 5) is 12.3. The minimum absolute atomic E-state index is 0.0803. The van der Waals surface area contributed by atoms with Crippen LogP contribution in [0.4, 0.5) is 0 Å².